The molecule has 0 unspecified atom stereocenters. The molecule has 1 heterocycles. The fraction of sp³-hybridized carbons (Fsp3) is 0.250. The van der Waals surface area contributed by atoms with Crippen LogP contribution in [0.2, 0.25) is 0 Å². The molecule has 2 nitrogen and oxygen atoms in total. The topological polar surface area (TPSA) is 30.2 Å². The van der Waals surface area contributed by atoms with Crippen LogP contribution >= 0.6 is 0 Å². The van der Waals surface area contributed by atoms with Crippen LogP contribution in [0.1, 0.15) is 47.5 Å². The van der Waals surface area contributed by atoms with Gasteiger partial charge in [0.2, 0.25) is 0 Å². The Morgan fingerprint density at radius 2 is 1.73 bits per heavy atom. The van der Waals surface area contributed by atoms with Gasteiger partial charge in [-0.2, -0.15) is 0 Å². The van der Waals surface area contributed by atoms with Crippen molar-refractivity contribution in [3.8, 4) is 11.3 Å². The van der Waals surface area contributed by atoms with Gasteiger partial charge in [-0.1, -0.05) is 43.2 Å². The van der Waals surface area contributed by atoms with Crippen LogP contribution in [-0.2, 0) is 0 Å². The molecule has 3 aromatic rings. The summed E-state index contributed by atoms with van der Waals surface area (Å²) in [5.74, 6) is 1.57. The SMILES string of the molecule is O=Cc1ccc(-c2cc3cc(C4CCCC4)ccc3o2)cc1. The van der Waals surface area contributed by atoms with E-state index in [9.17, 15) is 4.79 Å². The minimum Gasteiger partial charge on any atom is -0.456 e. The number of fused-ring (bicyclic) bond motifs is 1. The number of aldehydes is 1. The average molecular weight is 290 g/mol. The molecular weight excluding hydrogens is 272 g/mol. The highest BCUT2D eigenvalue weighted by molar-refractivity contribution is 5.84. The van der Waals surface area contributed by atoms with E-state index in [-0.39, 0.29) is 0 Å². The van der Waals surface area contributed by atoms with E-state index in [0.717, 1.165) is 29.1 Å². The third kappa shape index (κ3) is 2.35. The summed E-state index contributed by atoms with van der Waals surface area (Å²) in [5, 5.41) is 1.17. The molecule has 1 aromatic heterocycles. The minimum absolute atomic E-state index is 0.684. The van der Waals surface area contributed by atoms with Gasteiger partial charge >= 0.3 is 0 Å². The number of hydrogen-bond donors (Lipinski definition) is 0. The number of furan rings is 1. The van der Waals surface area contributed by atoms with Crippen LogP contribution in [0.25, 0.3) is 22.3 Å². The molecule has 0 saturated heterocycles. The Bertz CT molecular complexity index is 805. The van der Waals surface area contributed by atoms with Crippen molar-refractivity contribution in [3.05, 3.63) is 59.7 Å². The smallest absolute Gasteiger partial charge is 0.150 e. The minimum atomic E-state index is 0.684. The third-order valence-corrected chi connectivity index (χ3v) is 4.70. The normalized spacial score (nSPS) is 15.5. The molecule has 0 atom stereocenters. The van der Waals surface area contributed by atoms with Crippen molar-refractivity contribution in [3.63, 3.8) is 0 Å². The van der Waals surface area contributed by atoms with Gasteiger partial charge in [-0.05, 0) is 42.5 Å². The lowest BCUT2D eigenvalue weighted by atomic mass is 9.97. The maximum atomic E-state index is 10.7. The molecule has 2 aromatic carbocycles. The summed E-state index contributed by atoms with van der Waals surface area (Å²) in [4.78, 5) is 10.7. The van der Waals surface area contributed by atoms with Gasteiger partial charge in [0.1, 0.15) is 17.6 Å². The van der Waals surface area contributed by atoms with Crippen molar-refractivity contribution >= 4 is 17.3 Å². The van der Waals surface area contributed by atoms with E-state index in [2.05, 4.69) is 24.3 Å². The molecule has 0 spiro atoms. The molecule has 1 aliphatic carbocycles. The van der Waals surface area contributed by atoms with Gasteiger partial charge in [-0.3, -0.25) is 4.79 Å². The molecular formula is C20H18O2. The van der Waals surface area contributed by atoms with Gasteiger partial charge in [0.15, 0.2) is 0 Å². The van der Waals surface area contributed by atoms with E-state index in [4.69, 9.17) is 4.42 Å². The summed E-state index contributed by atoms with van der Waals surface area (Å²) in [7, 11) is 0. The first-order valence-corrected chi connectivity index (χ1v) is 7.92. The molecule has 1 fully saturated rings. The van der Waals surface area contributed by atoms with Crippen LogP contribution in [0.4, 0.5) is 0 Å². The zero-order chi connectivity index (χ0) is 14.9. The highest BCUT2D eigenvalue weighted by Gasteiger charge is 2.18. The van der Waals surface area contributed by atoms with Crippen molar-refractivity contribution in [2.24, 2.45) is 0 Å². The first-order chi connectivity index (χ1) is 10.8. The monoisotopic (exact) mass is 290 g/mol. The highest BCUT2D eigenvalue weighted by atomic mass is 16.3. The molecule has 0 bridgehead atoms. The Kier molecular flexibility index (Phi) is 3.30. The molecule has 0 aliphatic heterocycles. The Labute approximate surface area is 129 Å². The van der Waals surface area contributed by atoms with E-state index in [1.807, 2.05) is 24.3 Å². The van der Waals surface area contributed by atoms with Crippen LogP contribution in [0, 0.1) is 0 Å². The fourth-order valence-corrected chi connectivity index (χ4v) is 3.44. The van der Waals surface area contributed by atoms with Gasteiger partial charge in [-0.15, -0.1) is 0 Å². The van der Waals surface area contributed by atoms with Crippen molar-refractivity contribution in [1.29, 1.82) is 0 Å². The van der Waals surface area contributed by atoms with E-state index >= 15 is 0 Å². The molecule has 22 heavy (non-hydrogen) atoms. The second-order valence-electron chi connectivity index (χ2n) is 6.13. The molecule has 4 rings (SSSR count). The van der Waals surface area contributed by atoms with E-state index in [0.29, 0.717) is 5.56 Å². The van der Waals surface area contributed by atoms with Crippen LogP contribution < -0.4 is 0 Å². The lowest BCUT2D eigenvalue weighted by Gasteiger charge is -2.08. The molecule has 110 valence electrons. The molecule has 0 N–H and O–H groups in total. The average Bonchev–Trinajstić information content (AvgIpc) is 3.23. The summed E-state index contributed by atoms with van der Waals surface area (Å²) in [6.45, 7) is 0. The lowest BCUT2D eigenvalue weighted by Crippen LogP contribution is -1.90. The third-order valence-electron chi connectivity index (χ3n) is 4.70. The first kappa shape index (κ1) is 13.3. The van der Waals surface area contributed by atoms with Gasteiger partial charge in [0.25, 0.3) is 0 Å². The molecule has 2 heteroatoms. The summed E-state index contributed by atoms with van der Waals surface area (Å²) in [6, 6.07) is 16.2. The van der Waals surface area contributed by atoms with Gasteiger partial charge < -0.3 is 4.42 Å². The van der Waals surface area contributed by atoms with Crippen molar-refractivity contribution in [1.82, 2.24) is 0 Å². The van der Waals surface area contributed by atoms with Crippen molar-refractivity contribution in [2.45, 2.75) is 31.6 Å². The fourth-order valence-electron chi connectivity index (χ4n) is 3.44. The zero-order valence-electron chi connectivity index (χ0n) is 12.4. The molecule has 0 amide bonds. The number of carbonyl (C=O) groups excluding carboxylic acids is 1. The van der Waals surface area contributed by atoms with Crippen LogP contribution in [0.5, 0.6) is 0 Å². The molecule has 0 radical (unpaired) electrons. The highest BCUT2D eigenvalue weighted by Crippen LogP contribution is 2.36. The van der Waals surface area contributed by atoms with E-state index < -0.39 is 0 Å². The second-order valence-corrected chi connectivity index (χ2v) is 6.13. The quantitative estimate of drug-likeness (QED) is 0.590. The second kappa shape index (κ2) is 5.45. The lowest BCUT2D eigenvalue weighted by molar-refractivity contribution is 0.112. The maximum absolute atomic E-state index is 10.7. The Hall–Kier alpha value is -2.35. The summed E-state index contributed by atoms with van der Waals surface area (Å²) in [6.07, 6.45) is 6.17. The van der Waals surface area contributed by atoms with Crippen LogP contribution in [-0.4, -0.2) is 6.29 Å². The predicted octanol–water partition coefficient (Wildman–Crippen LogP) is 5.57. The first-order valence-electron chi connectivity index (χ1n) is 7.92. The number of rotatable bonds is 3. The van der Waals surface area contributed by atoms with Gasteiger partial charge in [-0.25, -0.2) is 0 Å². The van der Waals surface area contributed by atoms with Crippen molar-refractivity contribution in [2.75, 3.05) is 0 Å². The summed E-state index contributed by atoms with van der Waals surface area (Å²) in [5.41, 5.74) is 4.05. The van der Waals surface area contributed by atoms with Crippen LogP contribution in [0.3, 0.4) is 0 Å². The Balaban J connectivity index is 1.71. The van der Waals surface area contributed by atoms with Gasteiger partial charge in [0.05, 0.1) is 0 Å². The summed E-state index contributed by atoms with van der Waals surface area (Å²) >= 11 is 0. The van der Waals surface area contributed by atoms with Crippen molar-refractivity contribution < 1.29 is 9.21 Å². The maximum Gasteiger partial charge on any atom is 0.150 e. The Morgan fingerprint density at radius 3 is 2.45 bits per heavy atom. The molecule has 1 saturated carbocycles. The predicted molar refractivity (Wildman–Crippen MR) is 88.2 cm³/mol. The largest absolute Gasteiger partial charge is 0.456 e. The van der Waals surface area contributed by atoms with E-state index in [1.165, 1.54) is 36.6 Å². The van der Waals surface area contributed by atoms with Gasteiger partial charge in [0, 0.05) is 16.5 Å². The zero-order valence-corrected chi connectivity index (χ0v) is 12.4. The van der Waals surface area contributed by atoms with E-state index in [1.54, 1.807) is 0 Å². The molecule has 1 aliphatic rings. The Morgan fingerprint density at radius 1 is 0.955 bits per heavy atom. The summed E-state index contributed by atoms with van der Waals surface area (Å²) < 4.78 is 5.96. The number of carbonyl (C=O) groups is 1. The van der Waals surface area contributed by atoms with Crippen LogP contribution in [0.15, 0.2) is 52.9 Å². The number of benzene rings is 2. The number of hydrogen-bond acceptors (Lipinski definition) is 2. The standard InChI is InChI=1S/C20H18O2/c21-13-14-5-7-16(8-6-14)20-12-18-11-17(9-10-19(18)22-20)15-3-1-2-4-15/h5-13,15H,1-4H2.